The van der Waals surface area contributed by atoms with E-state index in [0.717, 1.165) is 5.56 Å². The third kappa shape index (κ3) is 4.02. The molecule has 2 aromatic carbocycles. The topological polar surface area (TPSA) is 49.4 Å². The minimum atomic E-state index is -0.499. The Balaban J connectivity index is 1.68. The quantitative estimate of drug-likeness (QED) is 0.913. The fourth-order valence-electron chi connectivity index (χ4n) is 2.75. The Bertz CT molecular complexity index is 752. The zero-order chi connectivity index (χ0) is 17.8. The second-order valence-electron chi connectivity index (χ2n) is 5.94. The molecule has 1 saturated heterocycles. The molecule has 2 unspecified atom stereocenters. The molecule has 6 heteroatoms. The van der Waals surface area contributed by atoms with Crippen molar-refractivity contribution in [3.05, 3.63) is 71.5 Å². The minimum Gasteiger partial charge on any atom is -0.348 e. The average molecular weight is 358 g/mol. The van der Waals surface area contributed by atoms with Gasteiger partial charge in [0, 0.05) is 11.3 Å². The first-order valence-electron chi connectivity index (χ1n) is 8.06. The number of carbonyl (C=O) groups is 2. The maximum atomic E-state index is 13.0. The van der Waals surface area contributed by atoms with Gasteiger partial charge in [0.15, 0.2) is 0 Å². The van der Waals surface area contributed by atoms with Crippen molar-refractivity contribution >= 4 is 23.6 Å². The monoisotopic (exact) mass is 358 g/mol. The lowest BCUT2D eigenvalue weighted by Gasteiger charge is -2.25. The normalized spacial score (nSPS) is 18.0. The number of halogens is 1. The van der Waals surface area contributed by atoms with Gasteiger partial charge in [-0.1, -0.05) is 30.3 Å². The summed E-state index contributed by atoms with van der Waals surface area (Å²) in [6, 6.07) is 14.3. The lowest BCUT2D eigenvalue weighted by molar-refractivity contribution is -0.125. The maximum Gasteiger partial charge on any atom is 0.255 e. The van der Waals surface area contributed by atoms with Gasteiger partial charge in [-0.25, -0.2) is 4.39 Å². The number of hydrogen-bond acceptors (Lipinski definition) is 3. The van der Waals surface area contributed by atoms with Gasteiger partial charge < -0.3 is 10.2 Å². The SMILES string of the molecule is CC(NC(=O)C1CSCN1C(=O)c1ccccc1)c1ccc(F)cc1. The van der Waals surface area contributed by atoms with E-state index in [0.29, 0.717) is 17.2 Å². The first-order valence-corrected chi connectivity index (χ1v) is 9.21. The molecule has 1 fully saturated rings. The summed E-state index contributed by atoms with van der Waals surface area (Å²) in [5, 5.41) is 2.93. The predicted octanol–water partition coefficient (Wildman–Crippen LogP) is 3.22. The Kier molecular flexibility index (Phi) is 5.38. The van der Waals surface area contributed by atoms with Crippen molar-refractivity contribution in [3.63, 3.8) is 0 Å². The molecule has 1 aliphatic heterocycles. The molecule has 2 atom stereocenters. The van der Waals surface area contributed by atoms with Gasteiger partial charge >= 0.3 is 0 Å². The van der Waals surface area contributed by atoms with E-state index in [4.69, 9.17) is 0 Å². The van der Waals surface area contributed by atoms with Crippen LogP contribution >= 0.6 is 11.8 Å². The van der Waals surface area contributed by atoms with E-state index < -0.39 is 6.04 Å². The zero-order valence-electron chi connectivity index (χ0n) is 13.8. The number of carbonyl (C=O) groups excluding carboxylic acids is 2. The minimum absolute atomic E-state index is 0.139. The van der Waals surface area contributed by atoms with E-state index >= 15 is 0 Å². The molecular weight excluding hydrogens is 339 g/mol. The molecule has 25 heavy (non-hydrogen) atoms. The molecule has 0 saturated carbocycles. The summed E-state index contributed by atoms with van der Waals surface area (Å²) >= 11 is 1.56. The van der Waals surface area contributed by atoms with Crippen molar-refractivity contribution in [1.82, 2.24) is 10.2 Å². The van der Waals surface area contributed by atoms with E-state index in [1.807, 2.05) is 25.1 Å². The molecule has 0 bridgehead atoms. The van der Waals surface area contributed by atoms with Crippen molar-refractivity contribution < 1.29 is 14.0 Å². The molecule has 130 valence electrons. The van der Waals surface area contributed by atoms with Crippen LogP contribution < -0.4 is 5.32 Å². The first-order chi connectivity index (χ1) is 12.1. The van der Waals surface area contributed by atoms with Crippen LogP contribution in [0.15, 0.2) is 54.6 Å². The average Bonchev–Trinajstić information content (AvgIpc) is 3.12. The van der Waals surface area contributed by atoms with Crippen LogP contribution in [0, 0.1) is 5.82 Å². The summed E-state index contributed by atoms with van der Waals surface area (Å²) in [5.74, 6) is 0.428. The van der Waals surface area contributed by atoms with E-state index in [1.165, 1.54) is 12.1 Å². The molecule has 1 N–H and O–H groups in total. The Labute approximate surface area is 150 Å². The van der Waals surface area contributed by atoms with Gasteiger partial charge in [-0.2, -0.15) is 0 Å². The highest BCUT2D eigenvalue weighted by Crippen LogP contribution is 2.24. The summed E-state index contributed by atoms with van der Waals surface area (Å²) in [4.78, 5) is 26.9. The number of hydrogen-bond donors (Lipinski definition) is 1. The van der Waals surface area contributed by atoms with Gasteiger partial charge in [0.2, 0.25) is 5.91 Å². The van der Waals surface area contributed by atoms with Gasteiger partial charge in [0.1, 0.15) is 11.9 Å². The number of nitrogens with one attached hydrogen (secondary N) is 1. The van der Waals surface area contributed by atoms with E-state index in [2.05, 4.69) is 5.32 Å². The fraction of sp³-hybridized carbons (Fsp3) is 0.263. The molecule has 0 radical (unpaired) electrons. The lowest BCUT2D eigenvalue weighted by atomic mass is 10.1. The van der Waals surface area contributed by atoms with Crippen LogP contribution in [0.5, 0.6) is 0 Å². The molecular formula is C19H19FN2O2S. The summed E-state index contributed by atoms with van der Waals surface area (Å²) in [5.41, 5.74) is 1.40. The third-order valence-corrected chi connectivity index (χ3v) is 5.21. The van der Waals surface area contributed by atoms with E-state index in [-0.39, 0.29) is 23.7 Å². The summed E-state index contributed by atoms with van der Waals surface area (Å²) in [6.07, 6.45) is 0. The zero-order valence-corrected chi connectivity index (χ0v) is 14.6. The Morgan fingerprint density at radius 3 is 2.52 bits per heavy atom. The van der Waals surface area contributed by atoms with Crippen molar-refractivity contribution in [2.75, 3.05) is 11.6 Å². The molecule has 0 aliphatic carbocycles. The Hall–Kier alpha value is -2.34. The van der Waals surface area contributed by atoms with Crippen molar-refractivity contribution in [2.24, 2.45) is 0 Å². The van der Waals surface area contributed by atoms with Crippen LogP contribution in [-0.2, 0) is 4.79 Å². The smallest absolute Gasteiger partial charge is 0.255 e. The van der Waals surface area contributed by atoms with Crippen molar-refractivity contribution in [1.29, 1.82) is 0 Å². The molecule has 0 spiro atoms. The first kappa shape index (κ1) is 17.5. The number of thioether (sulfide) groups is 1. The van der Waals surface area contributed by atoms with Crippen LogP contribution in [0.4, 0.5) is 4.39 Å². The molecule has 1 aliphatic rings. The van der Waals surface area contributed by atoms with Crippen LogP contribution in [-0.4, -0.2) is 34.4 Å². The lowest BCUT2D eigenvalue weighted by Crippen LogP contribution is -2.47. The third-order valence-electron chi connectivity index (χ3n) is 4.20. The van der Waals surface area contributed by atoms with E-state index in [9.17, 15) is 14.0 Å². The molecule has 3 rings (SSSR count). The summed E-state index contributed by atoms with van der Waals surface area (Å²) in [6.45, 7) is 1.84. The van der Waals surface area contributed by atoms with Gasteiger partial charge in [-0.3, -0.25) is 9.59 Å². The Morgan fingerprint density at radius 2 is 1.84 bits per heavy atom. The number of nitrogens with zero attached hydrogens (tertiary/aromatic N) is 1. The molecule has 2 amide bonds. The fourth-order valence-corrected chi connectivity index (χ4v) is 3.90. The molecule has 0 aromatic heterocycles. The van der Waals surface area contributed by atoms with Crippen LogP contribution in [0.25, 0.3) is 0 Å². The molecule has 2 aromatic rings. The summed E-state index contributed by atoms with van der Waals surface area (Å²) in [7, 11) is 0. The van der Waals surface area contributed by atoms with Crippen molar-refractivity contribution in [2.45, 2.75) is 19.0 Å². The number of amides is 2. The molecule has 4 nitrogen and oxygen atoms in total. The largest absolute Gasteiger partial charge is 0.348 e. The predicted molar refractivity (Wildman–Crippen MR) is 96.7 cm³/mol. The van der Waals surface area contributed by atoms with Crippen LogP contribution in [0.1, 0.15) is 28.9 Å². The highest BCUT2D eigenvalue weighted by atomic mass is 32.2. The Morgan fingerprint density at radius 1 is 1.16 bits per heavy atom. The summed E-state index contributed by atoms with van der Waals surface area (Å²) < 4.78 is 13.0. The van der Waals surface area contributed by atoms with Crippen LogP contribution in [0.3, 0.4) is 0 Å². The highest BCUT2D eigenvalue weighted by Gasteiger charge is 2.35. The standard InChI is InChI=1S/C19H19FN2O2S/c1-13(14-7-9-16(20)10-8-14)21-18(23)17-11-25-12-22(17)19(24)15-5-3-2-4-6-15/h2-10,13,17H,11-12H2,1H3,(H,21,23). The van der Waals surface area contributed by atoms with E-state index in [1.54, 1.807) is 40.9 Å². The van der Waals surface area contributed by atoms with Gasteiger partial charge in [0.25, 0.3) is 5.91 Å². The number of rotatable bonds is 4. The van der Waals surface area contributed by atoms with Gasteiger partial charge in [-0.05, 0) is 36.8 Å². The van der Waals surface area contributed by atoms with Crippen molar-refractivity contribution in [3.8, 4) is 0 Å². The van der Waals surface area contributed by atoms with Crippen LogP contribution in [0.2, 0.25) is 0 Å². The molecule has 1 heterocycles. The highest BCUT2D eigenvalue weighted by molar-refractivity contribution is 7.99. The maximum absolute atomic E-state index is 13.0. The second-order valence-corrected chi connectivity index (χ2v) is 6.94. The van der Waals surface area contributed by atoms with Gasteiger partial charge in [0.05, 0.1) is 11.9 Å². The second kappa shape index (κ2) is 7.70. The van der Waals surface area contributed by atoms with Gasteiger partial charge in [-0.15, -0.1) is 11.8 Å². The number of benzene rings is 2.